The van der Waals surface area contributed by atoms with Gasteiger partial charge in [0.25, 0.3) is 9.70 Å². The number of benzene rings is 2. The second-order valence-corrected chi connectivity index (χ2v) is 12.4. The Morgan fingerprint density at radius 1 is 1.13 bits per heavy atom. The van der Waals surface area contributed by atoms with Crippen molar-refractivity contribution >= 4 is 46.4 Å². The van der Waals surface area contributed by atoms with Gasteiger partial charge in [0.2, 0.25) is 0 Å². The highest BCUT2D eigenvalue weighted by Gasteiger charge is 2.40. The van der Waals surface area contributed by atoms with Crippen LogP contribution in [0.4, 0.5) is 5.69 Å². The monoisotopic (exact) mass is 580 g/mol. The number of amides is 1. The van der Waals surface area contributed by atoms with Crippen molar-refractivity contribution in [1.82, 2.24) is 4.90 Å². The fourth-order valence-electron chi connectivity index (χ4n) is 5.33. The molecule has 6 nitrogen and oxygen atoms in total. The molecule has 0 radical (unpaired) electrons. The number of nitrogens with one attached hydrogen (secondary N) is 1. The van der Waals surface area contributed by atoms with Crippen LogP contribution in [0.3, 0.4) is 0 Å². The third kappa shape index (κ3) is 7.30. The number of ether oxygens (including phenoxy) is 2. The molecule has 0 spiro atoms. The third-order valence-electron chi connectivity index (χ3n) is 7.42. The number of aliphatic hydroxyl groups excluding tert-OH is 1. The van der Waals surface area contributed by atoms with E-state index in [0.29, 0.717) is 11.7 Å². The molecule has 2 aromatic carbocycles. The minimum atomic E-state index is -2.07. The van der Waals surface area contributed by atoms with Crippen molar-refractivity contribution in [1.29, 1.82) is 0 Å². The van der Waals surface area contributed by atoms with Crippen molar-refractivity contribution in [3.63, 3.8) is 0 Å². The first-order valence-electron chi connectivity index (χ1n) is 13.0. The molecule has 1 saturated heterocycles. The third-order valence-corrected chi connectivity index (χ3v) is 7.93. The summed E-state index contributed by atoms with van der Waals surface area (Å²) >= 11 is 17.2. The van der Waals surface area contributed by atoms with Crippen LogP contribution in [0.2, 0.25) is 0 Å². The van der Waals surface area contributed by atoms with Crippen molar-refractivity contribution in [2.45, 2.75) is 67.5 Å². The fraction of sp³-hybridized carbons (Fsp3) is 0.483. The maximum atomic E-state index is 12.2. The Bertz CT molecular complexity index is 1090. The highest BCUT2D eigenvalue weighted by Crippen LogP contribution is 2.42. The molecular weight excluding hydrogens is 547 g/mol. The van der Waals surface area contributed by atoms with Gasteiger partial charge in [-0.25, -0.2) is 0 Å². The standard InChI is InChI=1S/C29H35Cl3N2O4/c1-3-15-34(24-9-4-5-10-24)17-25-19(2)26(21-13-11-20(18-35)12-14-21)38-27(37-25)22-7-6-8-23(16-22)33-28(36)29(30,31)32/h3,6-8,11-14,16,19,24-27,35H,1,4-5,9-10,15,17-18H2,2H3,(H,33,36)/t19-,25+,26+,27+/m0/s1. The molecule has 4 atom stereocenters. The molecule has 2 aromatic rings. The van der Waals surface area contributed by atoms with Crippen LogP contribution in [-0.4, -0.2) is 44.9 Å². The normalized spacial score (nSPS) is 24.5. The van der Waals surface area contributed by atoms with Crippen molar-refractivity contribution in [3.8, 4) is 0 Å². The van der Waals surface area contributed by atoms with Gasteiger partial charge in [0.15, 0.2) is 6.29 Å². The molecule has 1 heterocycles. The van der Waals surface area contributed by atoms with Crippen LogP contribution in [0.5, 0.6) is 0 Å². The number of rotatable bonds is 9. The van der Waals surface area contributed by atoms with E-state index in [0.717, 1.165) is 29.8 Å². The number of halogens is 3. The zero-order chi connectivity index (χ0) is 27.3. The number of aliphatic hydroxyl groups is 1. The van der Waals surface area contributed by atoms with Crippen LogP contribution in [0.15, 0.2) is 61.2 Å². The molecule has 0 unspecified atom stereocenters. The average Bonchev–Trinajstić information content (AvgIpc) is 3.44. The van der Waals surface area contributed by atoms with Crippen LogP contribution < -0.4 is 5.32 Å². The van der Waals surface area contributed by atoms with E-state index in [1.54, 1.807) is 18.2 Å². The summed E-state index contributed by atoms with van der Waals surface area (Å²) in [7, 11) is 0. The summed E-state index contributed by atoms with van der Waals surface area (Å²) in [5, 5.41) is 12.1. The van der Waals surface area contributed by atoms with Gasteiger partial charge in [0.05, 0.1) is 18.8 Å². The topological polar surface area (TPSA) is 71.0 Å². The van der Waals surface area contributed by atoms with Crippen LogP contribution in [0.25, 0.3) is 0 Å². The number of nitrogens with zero attached hydrogens (tertiary/aromatic N) is 1. The molecule has 1 aliphatic carbocycles. The Labute approximate surface area is 239 Å². The Hall–Kier alpha value is -1.64. The van der Waals surface area contributed by atoms with Crippen molar-refractivity contribution in [3.05, 3.63) is 77.9 Å². The average molecular weight is 582 g/mol. The van der Waals surface area contributed by atoms with Crippen molar-refractivity contribution in [2.75, 3.05) is 18.4 Å². The van der Waals surface area contributed by atoms with Gasteiger partial charge in [-0.05, 0) is 36.1 Å². The predicted molar refractivity (Wildman–Crippen MR) is 152 cm³/mol. The fourth-order valence-corrected chi connectivity index (χ4v) is 5.47. The lowest BCUT2D eigenvalue weighted by molar-refractivity contribution is -0.276. The van der Waals surface area contributed by atoms with E-state index < -0.39 is 16.0 Å². The number of carbonyl (C=O) groups excluding carboxylic acids is 1. The molecule has 0 bridgehead atoms. The second-order valence-electron chi connectivity index (χ2n) is 10.1. The molecular formula is C29H35Cl3N2O4. The maximum absolute atomic E-state index is 12.2. The molecule has 2 N–H and O–H groups in total. The number of alkyl halides is 3. The lowest BCUT2D eigenvalue weighted by Gasteiger charge is -2.43. The van der Waals surface area contributed by atoms with Gasteiger partial charge in [-0.15, -0.1) is 6.58 Å². The summed E-state index contributed by atoms with van der Waals surface area (Å²) in [5.41, 5.74) is 3.09. The Kier molecular flexibility index (Phi) is 10.1. The minimum Gasteiger partial charge on any atom is -0.392 e. The predicted octanol–water partition coefficient (Wildman–Crippen LogP) is 6.71. The first-order chi connectivity index (χ1) is 18.2. The largest absolute Gasteiger partial charge is 0.392 e. The summed E-state index contributed by atoms with van der Waals surface area (Å²) < 4.78 is 11.1. The molecule has 1 saturated carbocycles. The Morgan fingerprint density at radius 2 is 1.84 bits per heavy atom. The molecule has 2 aliphatic rings. The molecule has 38 heavy (non-hydrogen) atoms. The SMILES string of the molecule is C=CCN(C[C@H]1O[C@@H](c2cccc(NC(=O)C(Cl)(Cl)Cl)c2)O[C@@H](c2ccc(CO)cc2)[C@H]1C)C1CCCC1. The Morgan fingerprint density at radius 3 is 2.47 bits per heavy atom. The van der Waals surface area contributed by atoms with E-state index >= 15 is 0 Å². The molecule has 4 rings (SSSR count). The lowest BCUT2D eigenvalue weighted by atomic mass is 9.89. The molecule has 0 aromatic heterocycles. The smallest absolute Gasteiger partial charge is 0.276 e. The minimum absolute atomic E-state index is 0.0136. The van der Waals surface area contributed by atoms with Gasteiger partial charge in [0, 0.05) is 36.3 Å². The Balaban J connectivity index is 1.62. The molecule has 1 aliphatic heterocycles. The van der Waals surface area contributed by atoms with Crippen molar-refractivity contribution in [2.24, 2.45) is 5.92 Å². The van der Waals surface area contributed by atoms with Crippen LogP contribution in [-0.2, 0) is 20.9 Å². The van der Waals surface area contributed by atoms with Crippen molar-refractivity contribution < 1.29 is 19.4 Å². The quantitative estimate of drug-likeness (QED) is 0.254. The molecule has 1 amide bonds. The van der Waals surface area contributed by atoms with E-state index in [2.05, 4.69) is 23.7 Å². The zero-order valence-electron chi connectivity index (χ0n) is 21.5. The summed E-state index contributed by atoms with van der Waals surface area (Å²) in [6.45, 7) is 7.69. The summed E-state index contributed by atoms with van der Waals surface area (Å²) in [6, 6.07) is 15.6. The second kappa shape index (κ2) is 13.1. The van der Waals surface area contributed by atoms with Gasteiger partial charge in [0.1, 0.15) is 0 Å². The first-order valence-corrected chi connectivity index (χ1v) is 14.2. The lowest BCUT2D eigenvalue weighted by Crippen LogP contribution is -2.47. The van der Waals surface area contributed by atoms with E-state index in [-0.39, 0.29) is 24.7 Å². The highest BCUT2D eigenvalue weighted by molar-refractivity contribution is 6.76. The van der Waals surface area contributed by atoms with Gasteiger partial charge < -0.3 is 19.9 Å². The maximum Gasteiger partial charge on any atom is 0.276 e. The molecule has 9 heteroatoms. The van der Waals surface area contributed by atoms with E-state index in [1.165, 1.54) is 25.7 Å². The summed E-state index contributed by atoms with van der Waals surface area (Å²) in [4.78, 5) is 14.7. The van der Waals surface area contributed by atoms with Gasteiger partial charge >= 0.3 is 0 Å². The molecule has 206 valence electrons. The van der Waals surface area contributed by atoms with Crippen LogP contribution in [0, 0.1) is 5.92 Å². The van der Waals surface area contributed by atoms with Crippen LogP contribution in [0.1, 0.15) is 61.7 Å². The zero-order valence-corrected chi connectivity index (χ0v) is 23.8. The van der Waals surface area contributed by atoms with Gasteiger partial charge in [-0.2, -0.15) is 0 Å². The highest BCUT2D eigenvalue weighted by atomic mass is 35.6. The van der Waals surface area contributed by atoms with Gasteiger partial charge in [-0.3, -0.25) is 9.69 Å². The summed E-state index contributed by atoms with van der Waals surface area (Å²) in [5.74, 6) is -0.678. The van der Waals surface area contributed by atoms with E-state index in [1.807, 2.05) is 36.4 Å². The van der Waals surface area contributed by atoms with Gasteiger partial charge in [-0.1, -0.05) is 97.0 Å². The summed E-state index contributed by atoms with van der Waals surface area (Å²) in [6.07, 6.45) is 5.81. The van der Waals surface area contributed by atoms with E-state index in [9.17, 15) is 9.90 Å². The number of anilines is 1. The number of hydrogen-bond donors (Lipinski definition) is 2. The first kappa shape index (κ1) is 29.3. The van der Waals surface area contributed by atoms with E-state index in [4.69, 9.17) is 44.3 Å². The number of carbonyl (C=O) groups is 1. The van der Waals surface area contributed by atoms with Crippen LogP contribution >= 0.6 is 34.8 Å². The molecule has 2 fully saturated rings. The number of hydrogen-bond acceptors (Lipinski definition) is 5.